The normalized spacial score (nSPS) is 14.9. The van der Waals surface area contributed by atoms with Gasteiger partial charge in [0.05, 0.1) is 5.69 Å². The Labute approximate surface area is 152 Å². The van der Waals surface area contributed by atoms with Crippen LogP contribution >= 0.6 is 0 Å². The number of phenols is 1. The van der Waals surface area contributed by atoms with E-state index in [9.17, 15) is 18.3 Å². The van der Waals surface area contributed by atoms with E-state index in [-0.39, 0.29) is 22.6 Å². The molecule has 0 atom stereocenters. The number of fused-ring (bicyclic) bond motifs is 3. The second kappa shape index (κ2) is 6.57. The number of nitrogens with zero attached hydrogens (tertiary/aromatic N) is 1. The monoisotopic (exact) mass is 377 g/mol. The predicted molar refractivity (Wildman–Crippen MR) is 98.3 cm³/mol. The number of aromatic hydroxyl groups is 1. The lowest BCUT2D eigenvalue weighted by Crippen LogP contribution is -2.25. The van der Waals surface area contributed by atoms with E-state index in [1.54, 1.807) is 0 Å². The van der Waals surface area contributed by atoms with Gasteiger partial charge in [-0.2, -0.15) is 13.2 Å². The van der Waals surface area contributed by atoms with Crippen molar-refractivity contribution in [1.82, 2.24) is 4.98 Å². The molecule has 0 fully saturated rings. The van der Waals surface area contributed by atoms with E-state index in [2.05, 4.69) is 4.98 Å². The third-order valence-corrected chi connectivity index (χ3v) is 4.75. The highest BCUT2D eigenvalue weighted by atomic mass is 19.4. The Bertz CT molecular complexity index is 995. The number of hydrogen-bond donors (Lipinski definition) is 5. The molecule has 1 aliphatic carbocycles. The van der Waals surface area contributed by atoms with E-state index in [0.717, 1.165) is 25.3 Å². The molecule has 1 aromatic carbocycles. The van der Waals surface area contributed by atoms with Crippen molar-refractivity contribution in [3.05, 3.63) is 34.7 Å². The van der Waals surface area contributed by atoms with Crippen molar-refractivity contribution >= 4 is 34.1 Å². The molecule has 2 aromatic rings. The largest absolute Gasteiger partial charge is 0.506 e. The highest BCUT2D eigenvalue weighted by molar-refractivity contribution is 6.25. The van der Waals surface area contributed by atoms with Gasteiger partial charge in [-0.3, -0.25) is 5.41 Å². The molecule has 27 heavy (non-hydrogen) atoms. The van der Waals surface area contributed by atoms with Crippen LogP contribution < -0.4 is 11.5 Å². The van der Waals surface area contributed by atoms with Crippen LogP contribution in [0.25, 0.3) is 16.5 Å². The molecule has 0 saturated heterocycles. The summed E-state index contributed by atoms with van der Waals surface area (Å²) in [5.74, 6) is -0.294. The molecule has 1 aliphatic rings. The molecule has 0 spiro atoms. The highest BCUT2D eigenvalue weighted by Gasteiger charge is 2.39. The molecule has 142 valence electrons. The van der Waals surface area contributed by atoms with Crippen LogP contribution in [0.1, 0.15) is 35.2 Å². The Balaban J connectivity index is 2.43. The standard InChI is InChI=1S/C18H18F3N5O/c19-18(20,21)17(25)11(7-23)15-9-4-2-1-3-8(9)14-10(6-22)12(24)5-13(27)16(14)26-15/h5-7,22,25,27H,1-4,23-24H2/b11-7-,22-6?,25-17?. The molecule has 1 heterocycles. The van der Waals surface area contributed by atoms with Crippen LogP contribution in [-0.2, 0) is 12.8 Å². The first-order valence-electron chi connectivity index (χ1n) is 8.26. The van der Waals surface area contributed by atoms with E-state index < -0.39 is 17.5 Å². The maximum absolute atomic E-state index is 13.1. The number of nitrogens with one attached hydrogen (secondary N) is 2. The first kappa shape index (κ1) is 18.7. The first-order valence-corrected chi connectivity index (χ1v) is 8.26. The Hall–Kier alpha value is -3.10. The van der Waals surface area contributed by atoms with Crippen LogP contribution in [-0.4, -0.2) is 28.2 Å². The Morgan fingerprint density at radius 2 is 1.85 bits per heavy atom. The summed E-state index contributed by atoms with van der Waals surface area (Å²) in [6.45, 7) is 0. The molecule has 9 heteroatoms. The summed E-state index contributed by atoms with van der Waals surface area (Å²) in [7, 11) is 0. The summed E-state index contributed by atoms with van der Waals surface area (Å²) >= 11 is 0. The number of phenolic OH excluding ortho intramolecular Hbond substituents is 1. The third-order valence-electron chi connectivity index (χ3n) is 4.75. The van der Waals surface area contributed by atoms with E-state index in [1.165, 1.54) is 6.07 Å². The van der Waals surface area contributed by atoms with Gasteiger partial charge in [-0.05, 0) is 36.8 Å². The number of hydrogen-bond acceptors (Lipinski definition) is 6. The molecule has 1 aromatic heterocycles. The molecular weight excluding hydrogens is 359 g/mol. The van der Waals surface area contributed by atoms with Crippen LogP contribution in [0, 0.1) is 10.8 Å². The smallest absolute Gasteiger partial charge is 0.433 e. The van der Waals surface area contributed by atoms with Gasteiger partial charge in [-0.1, -0.05) is 0 Å². The molecule has 0 aliphatic heterocycles. The van der Waals surface area contributed by atoms with E-state index in [1.807, 2.05) is 0 Å². The number of halogens is 3. The summed E-state index contributed by atoms with van der Waals surface area (Å²) in [6, 6.07) is 1.22. The molecule has 0 bridgehead atoms. The predicted octanol–water partition coefficient (Wildman–Crippen LogP) is 3.28. The Kier molecular flexibility index (Phi) is 4.54. The molecule has 0 saturated carbocycles. The van der Waals surface area contributed by atoms with Crippen molar-refractivity contribution in [3.63, 3.8) is 0 Å². The number of benzene rings is 1. The minimum atomic E-state index is -4.88. The van der Waals surface area contributed by atoms with E-state index >= 15 is 0 Å². The maximum Gasteiger partial charge on any atom is 0.433 e. The highest BCUT2D eigenvalue weighted by Crippen LogP contribution is 2.40. The van der Waals surface area contributed by atoms with Crippen LogP contribution in [0.4, 0.5) is 18.9 Å². The number of pyridine rings is 1. The first-order chi connectivity index (χ1) is 12.7. The average molecular weight is 377 g/mol. The van der Waals surface area contributed by atoms with Crippen molar-refractivity contribution in [1.29, 1.82) is 10.8 Å². The van der Waals surface area contributed by atoms with Crippen LogP contribution in [0.5, 0.6) is 5.75 Å². The Morgan fingerprint density at radius 3 is 2.41 bits per heavy atom. The lowest BCUT2D eigenvalue weighted by atomic mass is 9.84. The summed E-state index contributed by atoms with van der Waals surface area (Å²) in [4.78, 5) is 4.25. The molecular formula is C18H18F3N5O. The average Bonchev–Trinajstić information content (AvgIpc) is 2.62. The van der Waals surface area contributed by atoms with Gasteiger partial charge in [0.15, 0.2) is 0 Å². The summed E-state index contributed by atoms with van der Waals surface area (Å²) in [6.07, 6.45) is -0.552. The number of nitrogens with two attached hydrogens (primary N) is 2. The number of rotatable bonds is 3. The van der Waals surface area contributed by atoms with Crippen LogP contribution in [0.2, 0.25) is 0 Å². The van der Waals surface area contributed by atoms with Gasteiger partial charge in [-0.15, -0.1) is 0 Å². The van der Waals surface area contributed by atoms with Gasteiger partial charge in [-0.25, -0.2) is 4.98 Å². The van der Waals surface area contributed by atoms with Crippen molar-refractivity contribution in [2.75, 3.05) is 5.73 Å². The maximum atomic E-state index is 13.1. The number of allylic oxidation sites excluding steroid dienone is 1. The summed E-state index contributed by atoms with van der Waals surface area (Å²) in [5, 5.41) is 25.9. The fraction of sp³-hybridized carbons (Fsp3) is 0.278. The number of alkyl halides is 3. The summed E-state index contributed by atoms with van der Waals surface area (Å²) < 4.78 is 39.4. The van der Waals surface area contributed by atoms with Crippen LogP contribution in [0.15, 0.2) is 12.3 Å². The number of aryl methyl sites for hydroxylation is 1. The fourth-order valence-electron chi connectivity index (χ4n) is 3.55. The lowest BCUT2D eigenvalue weighted by molar-refractivity contribution is -0.0578. The molecule has 0 unspecified atom stereocenters. The van der Waals surface area contributed by atoms with E-state index in [0.29, 0.717) is 34.9 Å². The number of nitrogen functional groups attached to an aromatic ring is 1. The SMILES string of the molecule is N=Cc1c(N)cc(O)c2nc(/C(=C/N)C(=N)C(F)(F)F)c3c(c12)CCCC3. The van der Waals surface area contributed by atoms with Gasteiger partial charge >= 0.3 is 6.18 Å². The molecule has 0 amide bonds. The van der Waals surface area contributed by atoms with Gasteiger partial charge in [0.1, 0.15) is 17.0 Å². The van der Waals surface area contributed by atoms with Crippen molar-refractivity contribution in [2.45, 2.75) is 31.9 Å². The zero-order valence-electron chi connectivity index (χ0n) is 14.2. The minimum Gasteiger partial charge on any atom is -0.506 e. The van der Waals surface area contributed by atoms with Crippen molar-refractivity contribution < 1.29 is 18.3 Å². The number of anilines is 1. The fourth-order valence-corrected chi connectivity index (χ4v) is 3.55. The molecule has 7 N–H and O–H groups in total. The summed E-state index contributed by atoms with van der Waals surface area (Å²) in [5.41, 5.74) is 11.0. The third kappa shape index (κ3) is 2.98. The molecule has 6 nitrogen and oxygen atoms in total. The molecule has 0 radical (unpaired) electrons. The van der Waals surface area contributed by atoms with Crippen molar-refractivity contribution in [2.24, 2.45) is 5.73 Å². The van der Waals surface area contributed by atoms with Gasteiger partial charge < -0.3 is 22.0 Å². The lowest BCUT2D eigenvalue weighted by Gasteiger charge is -2.24. The van der Waals surface area contributed by atoms with Gasteiger partial charge in [0, 0.05) is 40.7 Å². The van der Waals surface area contributed by atoms with Gasteiger partial charge in [0.2, 0.25) is 0 Å². The minimum absolute atomic E-state index is 0.0488. The van der Waals surface area contributed by atoms with Crippen LogP contribution in [0.3, 0.4) is 0 Å². The van der Waals surface area contributed by atoms with E-state index in [4.69, 9.17) is 22.3 Å². The topological polar surface area (TPSA) is 133 Å². The molecule has 3 rings (SSSR count). The number of aromatic nitrogens is 1. The zero-order valence-corrected chi connectivity index (χ0v) is 14.2. The van der Waals surface area contributed by atoms with Gasteiger partial charge in [0.25, 0.3) is 0 Å². The second-order valence-electron chi connectivity index (χ2n) is 6.34. The Morgan fingerprint density at radius 1 is 1.22 bits per heavy atom. The van der Waals surface area contributed by atoms with Crippen molar-refractivity contribution in [3.8, 4) is 5.75 Å². The quantitative estimate of drug-likeness (QED) is 0.415. The second-order valence-corrected chi connectivity index (χ2v) is 6.34. The zero-order chi connectivity index (χ0) is 19.9.